The molecule has 18 N–H and O–H groups in total. The molecule has 3 rings (SSSR count). The third-order valence-electron chi connectivity index (χ3n) is 11.3. The number of benzene rings is 1. The van der Waals surface area contributed by atoms with Crippen molar-refractivity contribution in [3.05, 3.63) is 35.9 Å². The maximum Gasteiger partial charge on any atom is 0.490 e. The van der Waals surface area contributed by atoms with Crippen molar-refractivity contribution in [2.24, 2.45) is 39.4 Å². The second-order valence-electron chi connectivity index (χ2n) is 16.8. The van der Waals surface area contributed by atoms with Crippen LogP contribution in [0.2, 0.25) is 0 Å². The standard InChI is InChI=1S/C41H65N13O10.C2HF3O2/c42-19-5-4-12-28(51-37(60)30-13-7-21-53(30)38(61)25(43)11-6-20-48-41(46)47)39(62)54-22-8-14-31(54)36(59)50-27(16-18-33(45)56)34(57)49-26(15-17-32(44)55)35(58)52-29(40(63)64)23-24-9-2-1-3-10-24;3-2(4,5)1(6)7/h1-3,9-10,25-31H,4-8,11-23,42-43H2,(H2,44,55)(H2,45,56)(H,49,57)(H,50,59)(H,51,60)(H,52,58)(H,63,64)(H4,46,47,48);(H,6,7)/t25-,26-,27-,28-,29-,30-,31-;/m0./s1. The topological polar surface area (TPSA) is 434 Å². The predicted molar refractivity (Wildman–Crippen MR) is 246 cm³/mol. The van der Waals surface area contributed by atoms with Gasteiger partial charge in [-0.25, -0.2) is 9.59 Å². The van der Waals surface area contributed by atoms with Crippen molar-refractivity contribution in [1.29, 1.82) is 0 Å². The first-order valence-corrected chi connectivity index (χ1v) is 22.8. The normalized spacial score (nSPS) is 17.4. The number of aliphatic carboxylic acids is 2. The lowest BCUT2D eigenvalue weighted by molar-refractivity contribution is -0.192. The number of carboxylic acids is 2. The maximum atomic E-state index is 14.3. The Labute approximate surface area is 406 Å². The number of nitrogens with one attached hydrogen (secondary N) is 4. The molecule has 0 radical (unpaired) electrons. The first-order valence-electron chi connectivity index (χ1n) is 22.8. The van der Waals surface area contributed by atoms with Gasteiger partial charge in [0, 0.05) is 38.9 Å². The first kappa shape index (κ1) is 60.0. The van der Waals surface area contributed by atoms with Crippen LogP contribution >= 0.6 is 0 Å². The van der Waals surface area contributed by atoms with Crippen LogP contribution in [-0.2, 0) is 54.4 Å². The number of unbranched alkanes of at least 4 members (excludes halogenated alkanes) is 1. The van der Waals surface area contributed by atoms with E-state index in [1.165, 1.54) is 9.80 Å². The van der Waals surface area contributed by atoms with Crippen LogP contribution in [0, 0.1) is 0 Å². The van der Waals surface area contributed by atoms with E-state index in [1.54, 1.807) is 30.3 Å². The second kappa shape index (κ2) is 29.8. The zero-order chi connectivity index (χ0) is 53.4. The SMILES string of the molecule is NCCCC[C@H](NC(=O)[C@@H]1CCCN1C(=O)[C@@H](N)CCCN=C(N)N)C(=O)N1CCC[C@H]1C(=O)N[C@@H](CCC(N)=O)C(=O)N[C@@H](CCC(N)=O)C(=O)N[C@@H](Cc1ccccc1)C(=O)O.O=C(O)C(F)(F)F. The molecule has 71 heavy (non-hydrogen) atoms. The molecule has 0 spiro atoms. The third kappa shape index (κ3) is 21.2. The number of carboxylic acid groups (broad SMARTS) is 2. The summed E-state index contributed by atoms with van der Waals surface area (Å²) in [5, 5.41) is 27.2. The molecule has 0 bridgehead atoms. The number of carbonyl (C=O) groups is 10. The summed E-state index contributed by atoms with van der Waals surface area (Å²) in [6.07, 6.45) is -3.28. The monoisotopic (exact) mass is 1010 g/mol. The van der Waals surface area contributed by atoms with E-state index in [0.717, 1.165) is 0 Å². The van der Waals surface area contributed by atoms with Crippen LogP contribution in [0.3, 0.4) is 0 Å². The van der Waals surface area contributed by atoms with Gasteiger partial charge >= 0.3 is 18.1 Å². The lowest BCUT2D eigenvalue weighted by Gasteiger charge is -2.32. The Morgan fingerprint density at radius 2 is 1.14 bits per heavy atom. The molecule has 28 heteroatoms. The van der Waals surface area contributed by atoms with Gasteiger partial charge in [0.25, 0.3) is 0 Å². The number of carbonyl (C=O) groups excluding carboxylic acids is 8. The second-order valence-corrected chi connectivity index (χ2v) is 16.8. The summed E-state index contributed by atoms with van der Waals surface area (Å²) >= 11 is 0. The van der Waals surface area contributed by atoms with Crippen LogP contribution in [0.4, 0.5) is 13.2 Å². The van der Waals surface area contributed by atoms with Crippen molar-refractivity contribution in [3.63, 3.8) is 0 Å². The quantitative estimate of drug-likeness (QED) is 0.0236. The number of alkyl halides is 3. The number of aliphatic imine (C=N–C) groups is 1. The average Bonchev–Trinajstić information content (AvgIpc) is 4.01. The molecule has 1 aromatic carbocycles. The molecule has 396 valence electrons. The Morgan fingerprint density at radius 1 is 0.662 bits per heavy atom. The molecule has 0 unspecified atom stereocenters. The molecule has 1 aromatic rings. The minimum atomic E-state index is -5.08. The van der Waals surface area contributed by atoms with Gasteiger partial charge in [0.2, 0.25) is 47.3 Å². The van der Waals surface area contributed by atoms with Gasteiger partial charge in [-0.3, -0.25) is 43.3 Å². The number of amides is 8. The first-order chi connectivity index (χ1) is 33.4. The molecule has 7 atom stereocenters. The van der Waals surface area contributed by atoms with Gasteiger partial charge in [-0.05, 0) is 82.7 Å². The summed E-state index contributed by atoms with van der Waals surface area (Å²) in [5.74, 6) is -10.0. The molecule has 2 aliphatic rings. The van der Waals surface area contributed by atoms with Crippen molar-refractivity contribution in [3.8, 4) is 0 Å². The molecule has 0 saturated carbocycles. The number of nitrogens with zero attached hydrogens (tertiary/aromatic N) is 3. The Hall–Kier alpha value is -7.10. The van der Waals surface area contributed by atoms with E-state index < -0.39 is 108 Å². The number of guanidine groups is 1. The van der Waals surface area contributed by atoms with Gasteiger partial charge in [-0.2, -0.15) is 13.2 Å². The Kier molecular flexibility index (Phi) is 25.2. The van der Waals surface area contributed by atoms with Crippen molar-refractivity contribution < 1.29 is 71.3 Å². The summed E-state index contributed by atoms with van der Waals surface area (Å²) in [5.41, 5.74) is 34.0. The average molecular weight is 1010 g/mol. The lowest BCUT2D eigenvalue weighted by atomic mass is 10.0. The van der Waals surface area contributed by atoms with Crippen LogP contribution in [0.25, 0.3) is 0 Å². The summed E-state index contributed by atoms with van der Waals surface area (Å²) in [6, 6.07) is 0.0622. The van der Waals surface area contributed by atoms with E-state index in [2.05, 4.69) is 26.3 Å². The van der Waals surface area contributed by atoms with Crippen molar-refractivity contribution in [2.45, 2.75) is 138 Å². The minimum absolute atomic E-state index is 0.0828. The predicted octanol–water partition coefficient (Wildman–Crippen LogP) is -3.09. The van der Waals surface area contributed by atoms with Gasteiger partial charge in [0.05, 0.1) is 6.04 Å². The van der Waals surface area contributed by atoms with Crippen molar-refractivity contribution in [2.75, 3.05) is 26.2 Å². The number of likely N-dealkylation sites (tertiary alicyclic amines) is 2. The third-order valence-corrected chi connectivity index (χ3v) is 11.3. The maximum absolute atomic E-state index is 14.3. The zero-order valence-corrected chi connectivity index (χ0v) is 39.1. The van der Waals surface area contributed by atoms with Crippen LogP contribution in [0.15, 0.2) is 35.3 Å². The highest BCUT2D eigenvalue weighted by Crippen LogP contribution is 2.23. The van der Waals surface area contributed by atoms with Crippen LogP contribution in [0.5, 0.6) is 0 Å². The number of hydrogen-bond donors (Lipinski definition) is 12. The van der Waals surface area contributed by atoms with E-state index >= 15 is 0 Å². The Bertz CT molecular complexity index is 2050. The number of nitrogens with two attached hydrogens (primary N) is 6. The summed E-state index contributed by atoms with van der Waals surface area (Å²) in [7, 11) is 0. The summed E-state index contributed by atoms with van der Waals surface area (Å²) in [4.78, 5) is 134. The van der Waals surface area contributed by atoms with Gasteiger partial charge in [0.15, 0.2) is 5.96 Å². The number of hydrogen-bond acceptors (Lipinski definition) is 13. The highest BCUT2D eigenvalue weighted by molar-refractivity contribution is 5.97. The largest absolute Gasteiger partial charge is 0.490 e. The fourth-order valence-electron chi connectivity index (χ4n) is 7.65. The van der Waals surface area contributed by atoms with E-state index in [4.69, 9.17) is 44.3 Å². The highest BCUT2D eigenvalue weighted by Gasteiger charge is 2.42. The zero-order valence-electron chi connectivity index (χ0n) is 39.1. The van der Waals surface area contributed by atoms with E-state index in [1.807, 2.05) is 0 Å². The number of rotatable bonds is 27. The fourth-order valence-corrected chi connectivity index (χ4v) is 7.65. The smallest absolute Gasteiger partial charge is 0.480 e. The van der Waals surface area contributed by atoms with Crippen LogP contribution < -0.4 is 55.7 Å². The lowest BCUT2D eigenvalue weighted by Crippen LogP contribution is -2.59. The summed E-state index contributed by atoms with van der Waals surface area (Å²) in [6.45, 7) is 1.02. The molecular weight excluding hydrogens is 948 g/mol. The van der Waals surface area contributed by atoms with E-state index in [-0.39, 0.29) is 77.0 Å². The molecule has 8 amide bonds. The van der Waals surface area contributed by atoms with E-state index in [9.17, 15) is 61.4 Å². The number of halogens is 3. The van der Waals surface area contributed by atoms with Gasteiger partial charge in [-0.15, -0.1) is 0 Å². The van der Waals surface area contributed by atoms with Crippen LogP contribution in [0.1, 0.15) is 89.0 Å². The van der Waals surface area contributed by atoms with Crippen molar-refractivity contribution >= 4 is 65.2 Å². The fraction of sp³-hybridized carbons (Fsp3) is 0.605. The molecule has 0 aliphatic carbocycles. The molecule has 2 heterocycles. The highest BCUT2D eigenvalue weighted by atomic mass is 19.4. The Balaban J connectivity index is 0.00000229. The molecular formula is C43H66F3N13O12. The van der Waals surface area contributed by atoms with Gasteiger partial charge in [0.1, 0.15) is 36.3 Å². The van der Waals surface area contributed by atoms with Crippen LogP contribution in [-0.4, -0.2) is 160 Å². The molecule has 2 saturated heterocycles. The molecule has 2 aliphatic heterocycles. The molecule has 0 aromatic heterocycles. The minimum Gasteiger partial charge on any atom is -0.480 e. The van der Waals surface area contributed by atoms with E-state index in [0.29, 0.717) is 50.6 Å². The van der Waals surface area contributed by atoms with Gasteiger partial charge < -0.3 is 75.7 Å². The molecule has 25 nitrogen and oxygen atoms in total. The van der Waals surface area contributed by atoms with Crippen molar-refractivity contribution in [1.82, 2.24) is 31.1 Å². The molecule has 2 fully saturated rings. The Morgan fingerprint density at radius 3 is 1.61 bits per heavy atom. The van der Waals surface area contributed by atoms with Gasteiger partial charge in [-0.1, -0.05) is 30.3 Å². The summed E-state index contributed by atoms with van der Waals surface area (Å²) < 4.78 is 31.7. The number of primary amides is 2.